The van der Waals surface area contributed by atoms with Gasteiger partial charge in [-0.2, -0.15) is 0 Å². The van der Waals surface area contributed by atoms with Crippen LogP contribution in [0.1, 0.15) is 6.42 Å². The van der Waals surface area contributed by atoms with Crippen molar-refractivity contribution in [2.24, 2.45) is 0 Å². The van der Waals surface area contributed by atoms with E-state index in [4.69, 9.17) is 5.11 Å². The minimum atomic E-state index is -0.433. The van der Waals surface area contributed by atoms with E-state index in [0.717, 1.165) is 6.26 Å². The highest BCUT2D eigenvalue weighted by atomic mass is 16.5. The lowest BCUT2D eigenvalue weighted by atomic mass is 10.2. The molecule has 1 aliphatic rings. The van der Waals surface area contributed by atoms with Crippen LogP contribution in [-0.4, -0.2) is 29.8 Å². The van der Waals surface area contributed by atoms with E-state index >= 15 is 0 Å². The topological polar surface area (TPSA) is 58.6 Å². The van der Waals surface area contributed by atoms with Gasteiger partial charge in [-0.25, -0.2) is 4.79 Å². The highest BCUT2D eigenvalue weighted by Crippen LogP contribution is 2.07. The Balaban J connectivity index is 2.36. The van der Waals surface area contributed by atoms with Crippen molar-refractivity contribution in [1.82, 2.24) is 5.32 Å². The molecule has 0 aromatic rings. The van der Waals surface area contributed by atoms with Crippen molar-refractivity contribution < 1.29 is 14.6 Å². The second-order valence-electron chi connectivity index (χ2n) is 2.45. The second-order valence-corrected chi connectivity index (χ2v) is 2.45. The maximum absolute atomic E-state index is 10.9. The van der Waals surface area contributed by atoms with Crippen molar-refractivity contribution in [3.63, 3.8) is 0 Å². The molecule has 1 rings (SSSR count). The summed E-state index contributed by atoms with van der Waals surface area (Å²) < 4.78 is 4.53. The Morgan fingerprint density at radius 3 is 3.00 bits per heavy atom. The molecule has 0 aliphatic carbocycles. The largest absolute Gasteiger partial charge is 0.434 e. The molecule has 0 aromatic carbocycles. The van der Waals surface area contributed by atoms with E-state index in [1.165, 1.54) is 0 Å². The molecule has 0 bridgehead atoms. The summed E-state index contributed by atoms with van der Waals surface area (Å²) >= 11 is 0. The third-order valence-corrected chi connectivity index (χ3v) is 1.59. The fourth-order valence-electron chi connectivity index (χ4n) is 1.06. The van der Waals surface area contributed by atoms with Gasteiger partial charge < -0.3 is 15.2 Å². The molecular weight excluding hydrogens is 146 g/mol. The maximum atomic E-state index is 10.9. The van der Waals surface area contributed by atoms with Gasteiger partial charge in [-0.15, -0.1) is 0 Å². The summed E-state index contributed by atoms with van der Waals surface area (Å²) in [5, 5.41) is 11.8. The molecule has 0 amide bonds. The predicted molar refractivity (Wildman–Crippen MR) is 38.7 cm³/mol. The Kier molecular flexibility index (Phi) is 2.62. The van der Waals surface area contributed by atoms with Gasteiger partial charge in [0.05, 0.1) is 12.4 Å². The molecule has 4 nitrogen and oxygen atoms in total. The van der Waals surface area contributed by atoms with Gasteiger partial charge in [-0.3, -0.25) is 0 Å². The van der Waals surface area contributed by atoms with Crippen LogP contribution in [0.25, 0.3) is 0 Å². The normalized spacial score (nSPS) is 29.9. The summed E-state index contributed by atoms with van der Waals surface area (Å²) in [5.41, 5.74) is 0. The van der Waals surface area contributed by atoms with Crippen LogP contribution in [0, 0.1) is 0 Å². The molecule has 0 radical (unpaired) electrons. The number of carbonyl (C=O) groups is 1. The van der Waals surface area contributed by atoms with Gasteiger partial charge in [0, 0.05) is 13.0 Å². The summed E-state index contributed by atoms with van der Waals surface area (Å²) in [6, 6.07) is -0.372. The Morgan fingerprint density at radius 2 is 2.55 bits per heavy atom. The monoisotopic (exact) mass is 157 g/mol. The van der Waals surface area contributed by atoms with E-state index in [1.807, 2.05) is 0 Å². The van der Waals surface area contributed by atoms with E-state index in [1.54, 1.807) is 0 Å². The minimum absolute atomic E-state index is 0.372. The number of nitrogens with one attached hydrogen (secondary N) is 1. The molecule has 1 heterocycles. The number of carbonyl (C=O) groups excluding carboxylic acids is 1. The minimum Gasteiger partial charge on any atom is -0.434 e. The van der Waals surface area contributed by atoms with E-state index < -0.39 is 6.10 Å². The van der Waals surface area contributed by atoms with Crippen LogP contribution in [0.4, 0.5) is 0 Å². The second kappa shape index (κ2) is 3.50. The Bertz CT molecular complexity index is 169. The molecule has 0 saturated carbocycles. The summed E-state index contributed by atoms with van der Waals surface area (Å²) in [6.07, 6.45) is 1.08. The standard InChI is InChI=1S/C7H11NO3/c1-2-11-7(10)6-3-5(9)4-8-6/h2,5-6,8-9H,1,3-4H2. The van der Waals surface area contributed by atoms with Gasteiger partial charge in [0.1, 0.15) is 6.04 Å². The lowest BCUT2D eigenvalue weighted by molar-refractivity contribution is -0.140. The van der Waals surface area contributed by atoms with E-state index in [-0.39, 0.29) is 12.0 Å². The lowest BCUT2D eigenvalue weighted by Gasteiger charge is -2.05. The number of β-amino-alcohol motifs (C(OH)–C–C–N with tert-alkyl or cyclic N) is 1. The molecule has 0 spiro atoms. The quantitative estimate of drug-likeness (QED) is 0.415. The molecule has 0 aromatic heterocycles. The number of esters is 1. The van der Waals surface area contributed by atoms with Crippen molar-refractivity contribution in [3.8, 4) is 0 Å². The van der Waals surface area contributed by atoms with Crippen molar-refractivity contribution in [2.75, 3.05) is 6.54 Å². The molecule has 2 atom stereocenters. The molecule has 62 valence electrons. The van der Waals surface area contributed by atoms with Crippen LogP contribution in [0.5, 0.6) is 0 Å². The number of hydrogen-bond donors (Lipinski definition) is 2. The third kappa shape index (κ3) is 2.03. The highest BCUT2D eigenvalue weighted by molar-refractivity contribution is 5.76. The van der Waals surface area contributed by atoms with Gasteiger partial charge in [0.15, 0.2) is 0 Å². The molecule has 2 unspecified atom stereocenters. The van der Waals surface area contributed by atoms with Gasteiger partial charge in [-0.1, -0.05) is 6.58 Å². The Morgan fingerprint density at radius 1 is 1.82 bits per heavy atom. The van der Waals surface area contributed by atoms with Crippen molar-refractivity contribution in [1.29, 1.82) is 0 Å². The van der Waals surface area contributed by atoms with Crippen LogP contribution >= 0.6 is 0 Å². The molecule has 4 heteroatoms. The summed E-state index contributed by atoms with van der Waals surface area (Å²) in [6.45, 7) is 3.71. The van der Waals surface area contributed by atoms with Gasteiger partial charge in [0.2, 0.25) is 0 Å². The molecular formula is C7H11NO3. The highest BCUT2D eigenvalue weighted by Gasteiger charge is 2.28. The summed E-state index contributed by atoms with van der Waals surface area (Å²) in [7, 11) is 0. The molecule has 1 fully saturated rings. The first kappa shape index (κ1) is 8.23. The third-order valence-electron chi connectivity index (χ3n) is 1.59. The molecule has 2 N–H and O–H groups in total. The van der Waals surface area contributed by atoms with Gasteiger partial charge >= 0.3 is 5.97 Å². The summed E-state index contributed by atoms with van der Waals surface area (Å²) in [5.74, 6) is -0.378. The van der Waals surface area contributed by atoms with E-state index in [9.17, 15) is 4.79 Å². The van der Waals surface area contributed by atoms with Crippen molar-refractivity contribution >= 4 is 5.97 Å². The first-order valence-corrected chi connectivity index (χ1v) is 3.47. The first-order chi connectivity index (χ1) is 5.24. The number of aliphatic hydroxyl groups excluding tert-OH is 1. The lowest BCUT2D eigenvalue weighted by Crippen LogP contribution is -2.31. The zero-order valence-corrected chi connectivity index (χ0v) is 6.12. The number of rotatable bonds is 2. The van der Waals surface area contributed by atoms with Crippen LogP contribution in [0.3, 0.4) is 0 Å². The molecule has 1 aliphatic heterocycles. The zero-order chi connectivity index (χ0) is 8.27. The first-order valence-electron chi connectivity index (χ1n) is 3.47. The van der Waals surface area contributed by atoms with Gasteiger partial charge in [0.25, 0.3) is 0 Å². The zero-order valence-electron chi connectivity index (χ0n) is 6.12. The molecule has 11 heavy (non-hydrogen) atoms. The van der Waals surface area contributed by atoms with Crippen LogP contribution in [0.2, 0.25) is 0 Å². The Labute approximate surface area is 64.9 Å². The van der Waals surface area contributed by atoms with E-state index in [2.05, 4.69) is 16.6 Å². The van der Waals surface area contributed by atoms with Crippen molar-refractivity contribution in [3.05, 3.63) is 12.8 Å². The van der Waals surface area contributed by atoms with Crippen molar-refractivity contribution in [2.45, 2.75) is 18.6 Å². The number of aliphatic hydroxyl groups is 1. The van der Waals surface area contributed by atoms with E-state index in [0.29, 0.717) is 13.0 Å². The fourth-order valence-corrected chi connectivity index (χ4v) is 1.06. The maximum Gasteiger partial charge on any atom is 0.328 e. The summed E-state index contributed by atoms with van der Waals surface area (Å²) in [4.78, 5) is 10.9. The van der Waals surface area contributed by atoms with Crippen LogP contribution in [-0.2, 0) is 9.53 Å². The average molecular weight is 157 g/mol. The SMILES string of the molecule is C=COC(=O)C1CC(O)CN1. The van der Waals surface area contributed by atoms with Crippen LogP contribution < -0.4 is 5.32 Å². The Hall–Kier alpha value is -0.870. The van der Waals surface area contributed by atoms with Gasteiger partial charge in [-0.05, 0) is 0 Å². The fraction of sp³-hybridized carbons (Fsp3) is 0.571. The van der Waals surface area contributed by atoms with Crippen LogP contribution in [0.15, 0.2) is 12.8 Å². The molecule has 1 saturated heterocycles. The number of ether oxygens (including phenoxy) is 1. The number of hydrogen-bond acceptors (Lipinski definition) is 4. The predicted octanol–water partition coefficient (Wildman–Crippen LogP) is -0.604. The smallest absolute Gasteiger partial charge is 0.328 e. The average Bonchev–Trinajstić information content (AvgIpc) is 2.36.